The van der Waals surface area contributed by atoms with Crippen molar-refractivity contribution in [2.45, 2.75) is 60.0 Å². The number of nitrogens with one attached hydrogen (secondary N) is 1. The maximum atomic E-state index is 12.9. The van der Waals surface area contributed by atoms with Crippen molar-refractivity contribution < 1.29 is 9.21 Å². The fraction of sp³-hybridized carbons (Fsp3) is 0.481. The number of piperidine rings is 1. The van der Waals surface area contributed by atoms with Gasteiger partial charge in [-0.15, -0.1) is 0 Å². The molecule has 1 aliphatic heterocycles. The van der Waals surface area contributed by atoms with E-state index in [1.54, 1.807) is 0 Å². The Morgan fingerprint density at radius 3 is 2.78 bits per heavy atom. The third-order valence-corrected chi connectivity index (χ3v) is 6.55. The Labute approximate surface area is 191 Å². The molecule has 0 aliphatic carbocycles. The van der Waals surface area contributed by atoms with Crippen molar-refractivity contribution in [1.29, 1.82) is 0 Å². The summed E-state index contributed by atoms with van der Waals surface area (Å²) in [6, 6.07) is 12.2. The molecular formula is C27H35N3O2. The fourth-order valence-corrected chi connectivity index (χ4v) is 4.60. The summed E-state index contributed by atoms with van der Waals surface area (Å²) < 4.78 is 6.22. The van der Waals surface area contributed by atoms with E-state index in [1.165, 1.54) is 16.5 Å². The largest absolute Gasteiger partial charge is 0.459 e. The molecule has 1 aliphatic rings. The molecule has 1 amide bonds. The predicted molar refractivity (Wildman–Crippen MR) is 128 cm³/mol. The summed E-state index contributed by atoms with van der Waals surface area (Å²) >= 11 is 0. The predicted octanol–water partition coefficient (Wildman–Crippen LogP) is 5.56. The van der Waals surface area contributed by atoms with Crippen LogP contribution < -0.4 is 5.32 Å². The third-order valence-electron chi connectivity index (χ3n) is 6.55. The van der Waals surface area contributed by atoms with Gasteiger partial charge in [0.2, 0.25) is 5.91 Å². The Morgan fingerprint density at radius 2 is 2.06 bits per heavy atom. The molecule has 5 nitrogen and oxygen atoms in total. The number of carbonyl (C=O) groups is 1. The van der Waals surface area contributed by atoms with Gasteiger partial charge < -0.3 is 9.73 Å². The number of benzene rings is 1. The third kappa shape index (κ3) is 4.88. The minimum atomic E-state index is -0.440. The van der Waals surface area contributed by atoms with Crippen molar-refractivity contribution in [3.63, 3.8) is 0 Å². The van der Waals surface area contributed by atoms with Gasteiger partial charge in [-0.3, -0.25) is 14.7 Å². The number of pyridine rings is 1. The van der Waals surface area contributed by atoms with E-state index >= 15 is 0 Å². The molecule has 0 saturated carbocycles. The molecule has 0 radical (unpaired) electrons. The summed E-state index contributed by atoms with van der Waals surface area (Å²) in [5.41, 5.74) is 3.94. The second-order valence-corrected chi connectivity index (χ2v) is 10.2. The van der Waals surface area contributed by atoms with Crippen LogP contribution in [0.25, 0.3) is 11.0 Å². The van der Waals surface area contributed by atoms with Gasteiger partial charge in [-0.2, -0.15) is 0 Å². The zero-order chi connectivity index (χ0) is 22.9. The Kier molecular flexibility index (Phi) is 6.38. The lowest BCUT2D eigenvalue weighted by atomic mass is 9.86. The van der Waals surface area contributed by atoms with Crippen LogP contribution in [0.15, 0.2) is 47.0 Å². The van der Waals surface area contributed by atoms with Gasteiger partial charge in [-0.25, -0.2) is 0 Å². The van der Waals surface area contributed by atoms with Gasteiger partial charge in [0.25, 0.3) is 0 Å². The molecule has 1 fully saturated rings. The van der Waals surface area contributed by atoms with Crippen molar-refractivity contribution >= 4 is 16.9 Å². The highest BCUT2D eigenvalue weighted by Crippen LogP contribution is 2.33. The minimum absolute atomic E-state index is 0.0637. The van der Waals surface area contributed by atoms with Crippen molar-refractivity contribution in [3.8, 4) is 0 Å². The number of likely N-dealkylation sites (tertiary alicyclic amines) is 1. The monoisotopic (exact) mass is 433 g/mol. The highest BCUT2D eigenvalue weighted by molar-refractivity contribution is 5.83. The standard InChI is InChI=1S/C27H35N3O2/c1-18-11-12-23-21(15-18)19(2)24(32-23)17-30-14-8-9-20(16-30)25(22-10-6-7-13-28-22)29-26(31)27(3,4)5/h6-7,10-13,15,20,25H,8-9,14,16-17H2,1-5H3,(H,29,31)/t20-,25-/m1/s1. The number of aromatic nitrogens is 1. The Bertz CT molecular complexity index is 1080. The molecule has 0 bridgehead atoms. The van der Waals surface area contributed by atoms with Gasteiger partial charge in [0.15, 0.2) is 0 Å². The van der Waals surface area contributed by atoms with Gasteiger partial charge >= 0.3 is 0 Å². The zero-order valence-electron chi connectivity index (χ0n) is 19.9. The number of furan rings is 1. The average molecular weight is 434 g/mol. The van der Waals surface area contributed by atoms with E-state index in [1.807, 2.05) is 45.2 Å². The molecule has 170 valence electrons. The van der Waals surface area contributed by atoms with Crippen LogP contribution in [-0.4, -0.2) is 28.9 Å². The molecule has 5 heteroatoms. The summed E-state index contributed by atoms with van der Waals surface area (Å²) in [4.78, 5) is 19.9. The highest BCUT2D eigenvalue weighted by Gasteiger charge is 2.33. The van der Waals surface area contributed by atoms with Crippen LogP contribution in [0.3, 0.4) is 0 Å². The number of nitrogens with zero attached hydrogens (tertiary/aromatic N) is 2. The van der Waals surface area contributed by atoms with Crippen LogP contribution in [0.1, 0.15) is 62.2 Å². The maximum Gasteiger partial charge on any atom is 0.225 e. The first-order valence-electron chi connectivity index (χ1n) is 11.7. The number of fused-ring (bicyclic) bond motifs is 1. The van der Waals surface area contributed by atoms with Crippen LogP contribution >= 0.6 is 0 Å². The van der Waals surface area contributed by atoms with Crippen LogP contribution in [0, 0.1) is 25.2 Å². The molecule has 2 aromatic heterocycles. The van der Waals surface area contributed by atoms with Crippen LogP contribution in [-0.2, 0) is 11.3 Å². The SMILES string of the molecule is Cc1ccc2oc(CN3CCC[C@@H]([C@@H](NC(=O)C(C)(C)C)c4ccccn4)C3)c(C)c2c1. The van der Waals surface area contributed by atoms with E-state index in [2.05, 4.69) is 47.2 Å². The van der Waals surface area contributed by atoms with E-state index < -0.39 is 5.41 Å². The quantitative estimate of drug-likeness (QED) is 0.572. The Morgan fingerprint density at radius 1 is 1.25 bits per heavy atom. The van der Waals surface area contributed by atoms with Gasteiger partial charge in [-0.05, 0) is 69.0 Å². The molecular weight excluding hydrogens is 398 g/mol. The lowest BCUT2D eigenvalue weighted by Gasteiger charge is -2.37. The first-order valence-corrected chi connectivity index (χ1v) is 11.7. The normalized spacial score (nSPS) is 18.6. The first kappa shape index (κ1) is 22.5. The second-order valence-electron chi connectivity index (χ2n) is 10.2. The second kappa shape index (κ2) is 9.07. The van der Waals surface area contributed by atoms with E-state index in [0.29, 0.717) is 5.92 Å². The molecule has 3 aromatic rings. The molecule has 0 unspecified atom stereocenters. The van der Waals surface area contributed by atoms with E-state index in [-0.39, 0.29) is 11.9 Å². The maximum absolute atomic E-state index is 12.9. The van der Waals surface area contributed by atoms with Crippen LogP contribution in [0.5, 0.6) is 0 Å². The molecule has 1 N–H and O–H groups in total. The molecule has 32 heavy (non-hydrogen) atoms. The molecule has 2 atom stereocenters. The molecule has 1 aromatic carbocycles. The molecule has 0 spiro atoms. The van der Waals surface area contributed by atoms with Gasteiger partial charge in [0.05, 0.1) is 18.3 Å². The number of amides is 1. The van der Waals surface area contributed by atoms with Gasteiger partial charge in [0, 0.05) is 23.5 Å². The first-order chi connectivity index (χ1) is 15.2. The molecule has 1 saturated heterocycles. The zero-order valence-corrected chi connectivity index (χ0v) is 19.9. The number of hydrogen-bond acceptors (Lipinski definition) is 4. The van der Waals surface area contributed by atoms with Gasteiger partial charge in [0.1, 0.15) is 11.3 Å². The smallest absolute Gasteiger partial charge is 0.225 e. The summed E-state index contributed by atoms with van der Waals surface area (Å²) in [7, 11) is 0. The fourth-order valence-electron chi connectivity index (χ4n) is 4.60. The lowest BCUT2D eigenvalue weighted by molar-refractivity contribution is -0.130. The summed E-state index contributed by atoms with van der Waals surface area (Å²) in [5, 5.41) is 4.52. The van der Waals surface area contributed by atoms with Crippen molar-refractivity contribution in [2.24, 2.45) is 11.3 Å². The highest BCUT2D eigenvalue weighted by atomic mass is 16.3. The van der Waals surface area contributed by atoms with E-state index in [4.69, 9.17) is 4.42 Å². The molecule has 3 heterocycles. The van der Waals surface area contributed by atoms with Crippen molar-refractivity contribution in [1.82, 2.24) is 15.2 Å². The van der Waals surface area contributed by atoms with Crippen LogP contribution in [0.2, 0.25) is 0 Å². The summed E-state index contributed by atoms with van der Waals surface area (Å²) in [6.07, 6.45) is 3.98. The van der Waals surface area contributed by atoms with Gasteiger partial charge in [-0.1, -0.05) is 38.5 Å². The summed E-state index contributed by atoms with van der Waals surface area (Å²) in [6.45, 7) is 12.9. The Balaban J connectivity index is 1.54. The Hall–Kier alpha value is -2.66. The van der Waals surface area contributed by atoms with Crippen molar-refractivity contribution in [3.05, 3.63) is 65.2 Å². The number of aryl methyl sites for hydroxylation is 2. The number of rotatable bonds is 5. The summed E-state index contributed by atoms with van der Waals surface area (Å²) in [5.74, 6) is 1.41. The topological polar surface area (TPSA) is 58.4 Å². The van der Waals surface area contributed by atoms with Crippen molar-refractivity contribution in [2.75, 3.05) is 13.1 Å². The number of carbonyl (C=O) groups excluding carboxylic acids is 1. The number of hydrogen-bond donors (Lipinski definition) is 1. The van der Waals surface area contributed by atoms with E-state index in [9.17, 15) is 4.79 Å². The lowest BCUT2D eigenvalue weighted by Crippen LogP contribution is -2.45. The minimum Gasteiger partial charge on any atom is -0.459 e. The van der Waals surface area contributed by atoms with Crippen LogP contribution in [0.4, 0.5) is 0 Å². The average Bonchev–Trinajstić information content (AvgIpc) is 3.06. The molecule has 4 rings (SSSR count). The van der Waals surface area contributed by atoms with E-state index in [0.717, 1.165) is 49.5 Å².